The van der Waals surface area contributed by atoms with E-state index in [1.54, 1.807) is 18.5 Å². The van der Waals surface area contributed by atoms with Crippen LogP contribution in [0.2, 0.25) is 0 Å². The Labute approximate surface area is 176 Å². The fourth-order valence-electron chi connectivity index (χ4n) is 3.58. The Morgan fingerprint density at radius 1 is 0.967 bits per heavy atom. The topological polar surface area (TPSA) is 71.0 Å². The summed E-state index contributed by atoms with van der Waals surface area (Å²) in [7, 11) is 0. The van der Waals surface area contributed by atoms with E-state index in [9.17, 15) is 4.79 Å². The Morgan fingerprint density at radius 3 is 2.47 bits per heavy atom. The van der Waals surface area contributed by atoms with Crippen molar-refractivity contribution in [2.24, 2.45) is 5.92 Å². The van der Waals surface area contributed by atoms with E-state index in [1.807, 2.05) is 65.7 Å². The standard InChI is InChI=1S/C24H25N5O/c30-24(10-9-19-6-2-1-3-7-19)29-14-11-20(12-15-29)16-21-17-27-23(18-26-21)28-22-8-4-5-13-25-22/h1-10,13,17-18,20H,11-12,14-16H2,(H,25,27,28)/b10-9+. The number of carbonyl (C=O) groups is 1. The van der Waals surface area contributed by atoms with E-state index in [0.717, 1.165) is 49.4 Å². The summed E-state index contributed by atoms with van der Waals surface area (Å²) in [5, 5.41) is 3.14. The number of rotatable bonds is 6. The molecular formula is C24H25N5O. The Kier molecular flexibility index (Phi) is 6.44. The molecule has 0 spiro atoms. The second kappa shape index (κ2) is 9.78. The molecule has 6 nitrogen and oxygen atoms in total. The number of hydrogen-bond donors (Lipinski definition) is 1. The van der Waals surface area contributed by atoms with Gasteiger partial charge in [-0.2, -0.15) is 0 Å². The molecule has 0 aliphatic carbocycles. The minimum Gasteiger partial charge on any atom is -0.339 e. The maximum atomic E-state index is 12.4. The van der Waals surface area contributed by atoms with Crippen molar-refractivity contribution < 1.29 is 4.79 Å². The summed E-state index contributed by atoms with van der Waals surface area (Å²) >= 11 is 0. The quantitative estimate of drug-likeness (QED) is 0.632. The van der Waals surface area contributed by atoms with Crippen molar-refractivity contribution in [3.05, 3.63) is 84.5 Å². The Morgan fingerprint density at radius 2 is 1.77 bits per heavy atom. The molecule has 2 aromatic heterocycles. The van der Waals surface area contributed by atoms with Gasteiger partial charge < -0.3 is 10.2 Å². The van der Waals surface area contributed by atoms with Gasteiger partial charge in [-0.05, 0) is 49.0 Å². The summed E-state index contributed by atoms with van der Waals surface area (Å²) in [4.78, 5) is 27.6. The van der Waals surface area contributed by atoms with Crippen LogP contribution in [0.15, 0.2) is 73.2 Å². The Balaban J connectivity index is 1.24. The molecule has 6 heteroatoms. The molecule has 0 bridgehead atoms. The van der Waals surface area contributed by atoms with Crippen LogP contribution in [0.25, 0.3) is 6.08 Å². The first kappa shape index (κ1) is 19.8. The van der Waals surface area contributed by atoms with Crippen molar-refractivity contribution >= 4 is 23.6 Å². The molecule has 0 saturated carbocycles. The largest absolute Gasteiger partial charge is 0.339 e. The lowest BCUT2D eigenvalue weighted by Crippen LogP contribution is -2.38. The van der Waals surface area contributed by atoms with Gasteiger partial charge in [0, 0.05) is 25.4 Å². The van der Waals surface area contributed by atoms with Crippen molar-refractivity contribution in [3.63, 3.8) is 0 Å². The van der Waals surface area contributed by atoms with Crippen molar-refractivity contribution in [3.8, 4) is 0 Å². The number of anilines is 2. The molecule has 1 fully saturated rings. The lowest BCUT2D eigenvalue weighted by atomic mass is 9.92. The van der Waals surface area contributed by atoms with E-state index >= 15 is 0 Å². The van der Waals surface area contributed by atoms with Gasteiger partial charge in [0.1, 0.15) is 11.6 Å². The fourth-order valence-corrected chi connectivity index (χ4v) is 3.58. The molecule has 1 aromatic carbocycles. The van der Waals surface area contributed by atoms with Gasteiger partial charge in [0.15, 0.2) is 0 Å². The molecule has 3 aromatic rings. The van der Waals surface area contributed by atoms with E-state index < -0.39 is 0 Å². The highest BCUT2D eigenvalue weighted by molar-refractivity contribution is 5.91. The number of nitrogens with zero attached hydrogens (tertiary/aromatic N) is 4. The van der Waals surface area contributed by atoms with Crippen LogP contribution in [0.3, 0.4) is 0 Å². The van der Waals surface area contributed by atoms with E-state index in [0.29, 0.717) is 11.7 Å². The highest BCUT2D eigenvalue weighted by Crippen LogP contribution is 2.21. The van der Waals surface area contributed by atoms with E-state index in [4.69, 9.17) is 0 Å². The smallest absolute Gasteiger partial charge is 0.246 e. The maximum Gasteiger partial charge on any atom is 0.246 e. The number of likely N-dealkylation sites (tertiary alicyclic amines) is 1. The second-order valence-corrected chi connectivity index (χ2v) is 7.45. The molecule has 152 valence electrons. The monoisotopic (exact) mass is 399 g/mol. The van der Waals surface area contributed by atoms with Crippen LogP contribution in [0, 0.1) is 5.92 Å². The average molecular weight is 399 g/mol. The third-order valence-corrected chi connectivity index (χ3v) is 5.27. The first-order chi connectivity index (χ1) is 14.8. The summed E-state index contributed by atoms with van der Waals surface area (Å²) in [6.45, 7) is 1.57. The fraction of sp³-hybridized carbons (Fsp3) is 0.250. The van der Waals surface area contributed by atoms with Crippen molar-refractivity contribution in [2.75, 3.05) is 18.4 Å². The normalized spacial score (nSPS) is 14.7. The molecule has 3 heterocycles. The molecule has 0 atom stereocenters. The van der Waals surface area contributed by atoms with Crippen molar-refractivity contribution in [2.45, 2.75) is 19.3 Å². The summed E-state index contributed by atoms with van der Waals surface area (Å²) in [6.07, 6.45) is 11.7. The number of amides is 1. The predicted octanol–water partition coefficient (Wildman–Crippen LogP) is 4.11. The predicted molar refractivity (Wildman–Crippen MR) is 118 cm³/mol. The van der Waals surface area contributed by atoms with E-state index in [1.165, 1.54) is 0 Å². The summed E-state index contributed by atoms with van der Waals surface area (Å²) in [6, 6.07) is 15.6. The zero-order chi connectivity index (χ0) is 20.6. The van der Waals surface area contributed by atoms with Gasteiger partial charge in [0.2, 0.25) is 5.91 Å². The number of carbonyl (C=O) groups excluding carboxylic acids is 1. The minimum absolute atomic E-state index is 0.0852. The molecule has 4 rings (SSSR count). The zero-order valence-corrected chi connectivity index (χ0v) is 16.8. The Hall–Kier alpha value is -3.54. The molecule has 1 N–H and O–H groups in total. The molecule has 0 radical (unpaired) electrons. The molecule has 0 unspecified atom stereocenters. The highest BCUT2D eigenvalue weighted by Gasteiger charge is 2.22. The number of aromatic nitrogens is 3. The summed E-state index contributed by atoms with van der Waals surface area (Å²) in [5.41, 5.74) is 2.02. The highest BCUT2D eigenvalue weighted by atomic mass is 16.2. The van der Waals surface area contributed by atoms with Crippen LogP contribution in [-0.2, 0) is 11.2 Å². The van der Waals surface area contributed by atoms with Gasteiger partial charge in [0.05, 0.1) is 18.1 Å². The van der Waals surface area contributed by atoms with Crippen LogP contribution in [-0.4, -0.2) is 38.8 Å². The van der Waals surface area contributed by atoms with Crippen LogP contribution in [0.5, 0.6) is 0 Å². The zero-order valence-electron chi connectivity index (χ0n) is 16.8. The number of nitrogens with one attached hydrogen (secondary N) is 1. The SMILES string of the molecule is O=C(/C=C/c1ccccc1)N1CCC(Cc2cnc(Nc3ccccn3)cn2)CC1. The van der Waals surface area contributed by atoms with Crippen molar-refractivity contribution in [1.82, 2.24) is 19.9 Å². The average Bonchev–Trinajstić information content (AvgIpc) is 2.81. The van der Waals surface area contributed by atoms with Gasteiger partial charge in [-0.15, -0.1) is 0 Å². The van der Waals surface area contributed by atoms with Crippen LogP contribution in [0.4, 0.5) is 11.6 Å². The number of hydrogen-bond acceptors (Lipinski definition) is 5. The van der Waals surface area contributed by atoms with Crippen LogP contribution < -0.4 is 5.32 Å². The van der Waals surface area contributed by atoms with E-state index in [2.05, 4.69) is 20.3 Å². The van der Waals surface area contributed by atoms with Gasteiger partial charge in [-0.1, -0.05) is 36.4 Å². The molecule has 1 aliphatic heterocycles. The third kappa shape index (κ3) is 5.50. The molecule has 1 saturated heterocycles. The number of pyridine rings is 1. The van der Waals surface area contributed by atoms with Crippen LogP contribution >= 0.6 is 0 Å². The van der Waals surface area contributed by atoms with Crippen LogP contribution in [0.1, 0.15) is 24.1 Å². The second-order valence-electron chi connectivity index (χ2n) is 7.45. The van der Waals surface area contributed by atoms with Gasteiger partial charge in [-0.3, -0.25) is 9.78 Å². The molecule has 30 heavy (non-hydrogen) atoms. The van der Waals surface area contributed by atoms with Gasteiger partial charge in [0.25, 0.3) is 0 Å². The summed E-state index contributed by atoms with van der Waals surface area (Å²) in [5.74, 6) is 2.04. The Bertz CT molecular complexity index is 965. The van der Waals surface area contributed by atoms with Gasteiger partial charge >= 0.3 is 0 Å². The van der Waals surface area contributed by atoms with Gasteiger partial charge in [-0.25, -0.2) is 9.97 Å². The first-order valence-electron chi connectivity index (χ1n) is 10.3. The number of piperidine rings is 1. The molecular weight excluding hydrogens is 374 g/mol. The lowest BCUT2D eigenvalue weighted by Gasteiger charge is -2.31. The maximum absolute atomic E-state index is 12.4. The molecule has 1 aliphatic rings. The van der Waals surface area contributed by atoms with Crippen molar-refractivity contribution in [1.29, 1.82) is 0 Å². The lowest BCUT2D eigenvalue weighted by molar-refractivity contribution is -0.127. The third-order valence-electron chi connectivity index (χ3n) is 5.27. The van der Waals surface area contributed by atoms with E-state index in [-0.39, 0.29) is 5.91 Å². The minimum atomic E-state index is 0.0852. The first-order valence-corrected chi connectivity index (χ1v) is 10.3. The summed E-state index contributed by atoms with van der Waals surface area (Å²) < 4.78 is 0. The molecule has 1 amide bonds. The number of benzene rings is 1.